The summed E-state index contributed by atoms with van der Waals surface area (Å²) >= 11 is 0. The first-order valence-corrected chi connectivity index (χ1v) is 14.2. The third kappa shape index (κ3) is 4.21. The number of fused-ring (bicyclic) bond motifs is 3. The lowest BCUT2D eigenvalue weighted by Gasteiger charge is -2.29. The molecule has 2 atom stereocenters. The van der Waals surface area contributed by atoms with E-state index in [1.54, 1.807) is 6.92 Å². The van der Waals surface area contributed by atoms with Crippen LogP contribution in [0.3, 0.4) is 0 Å². The Balaban J connectivity index is 1.71. The second kappa shape index (κ2) is 9.62. The van der Waals surface area contributed by atoms with Crippen LogP contribution in [0.25, 0.3) is 45.4 Å². The summed E-state index contributed by atoms with van der Waals surface area (Å²) in [5.74, 6) is 2.27. The molecule has 204 valence electrons. The van der Waals surface area contributed by atoms with Gasteiger partial charge in [0.05, 0.1) is 16.8 Å². The third-order valence-electron chi connectivity index (χ3n) is 8.64. The zero-order valence-electron chi connectivity index (χ0n) is 24.5. The SMILES string of the molecule is Cc1cccc(-c2cn(-c3c(C)cc(C)c4oc5c(c34)C=CC(C)C5)c(-c3ccccc3C(C)(C)[C@@H](C)F)n2)c1. The third-order valence-corrected chi connectivity index (χ3v) is 8.64. The van der Waals surface area contributed by atoms with Crippen LogP contribution in [0.1, 0.15) is 61.3 Å². The number of halogens is 1. The van der Waals surface area contributed by atoms with E-state index in [2.05, 4.69) is 87.0 Å². The predicted octanol–water partition coefficient (Wildman–Crippen LogP) is 9.72. The first-order valence-electron chi connectivity index (χ1n) is 14.2. The standard InChI is InChI=1S/C36H37FN2O/c1-21-11-10-12-26(17-21)30-20-39(35(38-30)27-13-8-9-14-29(27)36(6,7)25(5)37)33-23(3)19-24(4)34-32(33)28-16-15-22(2)18-31(28)40-34/h8-17,19-20,22,25H,18H2,1-7H3/t22?,25-/m1/s1. The maximum Gasteiger partial charge on any atom is 0.145 e. The first-order chi connectivity index (χ1) is 19.1. The van der Waals surface area contributed by atoms with Gasteiger partial charge in [-0.15, -0.1) is 0 Å². The lowest BCUT2D eigenvalue weighted by Crippen LogP contribution is -2.28. The van der Waals surface area contributed by atoms with E-state index in [1.807, 2.05) is 32.0 Å². The van der Waals surface area contributed by atoms with Gasteiger partial charge in [0.2, 0.25) is 0 Å². The van der Waals surface area contributed by atoms with E-state index in [-0.39, 0.29) is 0 Å². The number of aromatic nitrogens is 2. The van der Waals surface area contributed by atoms with Gasteiger partial charge in [0.1, 0.15) is 23.3 Å². The van der Waals surface area contributed by atoms with Crippen LogP contribution >= 0.6 is 0 Å². The molecule has 3 nitrogen and oxygen atoms in total. The number of benzene rings is 3. The van der Waals surface area contributed by atoms with Gasteiger partial charge in [0, 0.05) is 34.7 Å². The highest BCUT2D eigenvalue weighted by Gasteiger charge is 2.32. The number of hydrogen-bond donors (Lipinski definition) is 0. The summed E-state index contributed by atoms with van der Waals surface area (Å²) in [5, 5.41) is 1.11. The molecule has 2 heterocycles. The molecular weight excluding hydrogens is 495 g/mol. The molecule has 0 saturated heterocycles. The fourth-order valence-corrected chi connectivity index (χ4v) is 6.06. The molecule has 0 fully saturated rings. The van der Waals surface area contributed by atoms with Crippen molar-refractivity contribution < 1.29 is 8.81 Å². The van der Waals surface area contributed by atoms with Gasteiger partial charge in [-0.25, -0.2) is 9.37 Å². The zero-order valence-corrected chi connectivity index (χ0v) is 24.5. The van der Waals surface area contributed by atoms with Crippen LogP contribution in [-0.4, -0.2) is 15.7 Å². The Labute approximate surface area is 236 Å². The molecule has 1 aliphatic rings. The number of imidazole rings is 1. The second-order valence-corrected chi connectivity index (χ2v) is 12.1. The van der Waals surface area contributed by atoms with Gasteiger partial charge in [-0.05, 0) is 56.4 Å². The van der Waals surface area contributed by atoms with Crippen LogP contribution in [0.2, 0.25) is 0 Å². The van der Waals surface area contributed by atoms with Crippen LogP contribution in [0.4, 0.5) is 4.39 Å². The van der Waals surface area contributed by atoms with Crippen molar-refractivity contribution in [3.63, 3.8) is 0 Å². The van der Waals surface area contributed by atoms with Crippen LogP contribution < -0.4 is 0 Å². The number of rotatable bonds is 5. The molecule has 0 spiro atoms. The molecule has 1 unspecified atom stereocenters. The minimum atomic E-state index is -1.03. The van der Waals surface area contributed by atoms with E-state index in [9.17, 15) is 0 Å². The molecule has 40 heavy (non-hydrogen) atoms. The Kier molecular flexibility index (Phi) is 6.33. The van der Waals surface area contributed by atoms with Crippen molar-refractivity contribution in [2.24, 2.45) is 5.92 Å². The molecule has 6 rings (SSSR count). The first kappa shape index (κ1) is 26.3. The molecule has 0 radical (unpaired) electrons. The van der Waals surface area contributed by atoms with E-state index in [0.717, 1.165) is 73.7 Å². The molecule has 4 heteroatoms. The van der Waals surface area contributed by atoms with Crippen LogP contribution in [-0.2, 0) is 11.8 Å². The normalized spacial score (nSPS) is 15.9. The summed E-state index contributed by atoms with van der Waals surface area (Å²) < 4.78 is 23.8. The lowest BCUT2D eigenvalue weighted by atomic mass is 9.78. The zero-order chi connectivity index (χ0) is 28.3. The molecule has 0 bridgehead atoms. The Hall–Kier alpha value is -3.92. The van der Waals surface area contributed by atoms with Crippen molar-refractivity contribution in [1.82, 2.24) is 9.55 Å². The molecule has 0 amide bonds. The summed E-state index contributed by atoms with van der Waals surface area (Å²) in [5.41, 5.74) is 9.71. The topological polar surface area (TPSA) is 31.0 Å². The van der Waals surface area contributed by atoms with Gasteiger partial charge >= 0.3 is 0 Å². The number of furan rings is 1. The number of nitrogens with zero attached hydrogens (tertiary/aromatic N) is 2. The van der Waals surface area contributed by atoms with E-state index >= 15 is 4.39 Å². The molecule has 3 aromatic carbocycles. The predicted molar refractivity (Wildman–Crippen MR) is 164 cm³/mol. The summed E-state index contributed by atoms with van der Waals surface area (Å²) in [7, 11) is 0. The maximum atomic E-state index is 15.0. The highest BCUT2D eigenvalue weighted by atomic mass is 19.1. The van der Waals surface area contributed by atoms with Gasteiger partial charge in [0.25, 0.3) is 0 Å². The highest BCUT2D eigenvalue weighted by Crippen LogP contribution is 2.43. The average Bonchev–Trinajstić information content (AvgIpc) is 3.51. The highest BCUT2D eigenvalue weighted by molar-refractivity contribution is 5.99. The van der Waals surface area contributed by atoms with E-state index in [4.69, 9.17) is 9.40 Å². The summed E-state index contributed by atoms with van der Waals surface area (Å²) in [6, 6.07) is 18.8. The van der Waals surface area contributed by atoms with Gasteiger partial charge in [-0.3, -0.25) is 4.57 Å². The van der Waals surface area contributed by atoms with Gasteiger partial charge in [0.15, 0.2) is 0 Å². The lowest BCUT2D eigenvalue weighted by molar-refractivity contribution is 0.237. The summed E-state index contributed by atoms with van der Waals surface area (Å²) in [6.45, 7) is 14.2. The van der Waals surface area contributed by atoms with Crippen molar-refractivity contribution in [2.45, 2.75) is 66.5 Å². The van der Waals surface area contributed by atoms with Gasteiger partial charge in [-0.2, -0.15) is 0 Å². The quantitative estimate of drug-likeness (QED) is 0.226. The monoisotopic (exact) mass is 532 g/mol. The van der Waals surface area contributed by atoms with Gasteiger partial charge in [-0.1, -0.05) is 87.0 Å². The fourth-order valence-electron chi connectivity index (χ4n) is 6.06. The number of hydrogen-bond acceptors (Lipinski definition) is 2. The second-order valence-electron chi connectivity index (χ2n) is 12.1. The van der Waals surface area contributed by atoms with Crippen LogP contribution in [0.5, 0.6) is 0 Å². The molecule has 2 aromatic heterocycles. The average molecular weight is 533 g/mol. The van der Waals surface area contributed by atoms with Crippen molar-refractivity contribution in [3.05, 3.63) is 100 Å². The Morgan fingerprint density at radius 2 is 1.80 bits per heavy atom. The van der Waals surface area contributed by atoms with Gasteiger partial charge < -0.3 is 4.42 Å². The largest absolute Gasteiger partial charge is 0.460 e. The van der Waals surface area contributed by atoms with Crippen molar-refractivity contribution in [2.75, 3.05) is 0 Å². The smallest absolute Gasteiger partial charge is 0.145 e. The number of alkyl halides is 1. The van der Waals surface area contributed by atoms with Crippen LogP contribution in [0, 0.1) is 26.7 Å². The molecule has 0 N–H and O–H groups in total. The number of allylic oxidation sites excluding steroid dienone is 1. The fraction of sp³-hybridized carbons (Fsp3) is 0.306. The molecular formula is C36H37FN2O. The molecule has 0 aliphatic heterocycles. The molecule has 1 aliphatic carbocycles. The Bertz CT molecular complexity index is 1780. The van der Waals surface area contributed by atoms with Crippen molar-refractivity contribution >= 4 is 17.0 Å². The summed E-state index contributed by atoms with van der Waals surface area (Å²) in [4.78, 5) is 5.27. The molecule has 5 aromatic rings. The number of aryl methyl sites for hydroxylation is 3. The van der Waals surface area contributed by atoms with E-state index in [0.29, 0.717) is 5.92 Å². The molecule has 0 saturated carbocycles. The maximum absolute atomic E-state index is 15.0. The minimum Gasteiger partial charge on any atom is -0.460 e. The minimum absolute atomic E-state index is 0.437. The van der Waals surface area contributed by atoms with E-state index in [1.165, 1.54) is 5.56 Å². The van der Waals surface area contributed by atoms with E-state index < -0.39 is 11.6 Å². The van der Waals surface area contributed by atoms with Crippen molar-refractivity contribution in [1.29, 1.82) is 0 Å². The van der Waals surface area contributed by atoms with Crippen LogP contribution in [0.15, 0.2) is 71.3 Å². The summed E-state index contributed by atoms with van der Waals surface area (Å²) in [6.07, 6.45) is 6.48. The Morgan fingerprint density at radius 1 is 1.02 bits per heavy atom. The van der Waals surface area contributed by atoms with Crippen molar-refractivity contribution in [3.8, 4) is 28.3 Å². The Morgan fingerprint density at radius 3 is 2.55 bits per heavy atom.